The summed E-state index contributed by atoms with van der Waals surface area (Å²) >= 11 is 1.39. The Hall–Kier alpha value is -3.21. The highest BCUT2D eigenvalue weighted by atomic mass is 32.1. The number of fused-ring (bicyclic) bond motifs is 2. The van der Waals surface area contributed by atoms with E-state index in [0.717, 1.165) is 28.8 Å². The molecule has 4 amide bonds. The third kappa shape index (κ3) is 5.39. The lowest BCUT2D eigenvalue weighted by atomic mass is 10.1. The number of nitrogens with one attached hydrogen (secondary N) is 2. The topological polar surface area (TPSA) is 116 Å². The summed E-state index contributed by atoms with van der Waals surface area (Å²) < 4.78 is 6.18. The molecule has 1 saturated heterocycles. The minimum atomic E-state index is -0.566. The van der Waals surface area contributed by atoms with Crippen LogP contribution in [-0.4, -0.2) is 70.9 Å². The number of nitrogens with zero attached hydrogens (tertiary/aromatic N) is 4. The zero-order valence-electron chi connectivity index (χ0n) is 20.5. The molecule has 2 aliphatic rings. The van der Waals surface area contributed by atoms with Crippen molar-refractivity contribution in [2.75, 3.05) is 25.5 Å². The summed E-state index contributed by atoms with van der Waals surface area (Å²) in [6.07, 6.45) is 1.76. The van der Waals surface area contributed by atoms with Crippen LogP contribution in [0, 0.1) is 5.92 Å². The first-order valence-corrected chi connectivity index (χ1v) is 12.8. The molecule has 35 heavy (non-hydrogen) atoms. The summed E-state index contributed by atoms with van der Waals surface area (Å²) in [5.74, 6) is 1.19. The maximum absolute atomic E-state index is 12.8. The molecule has 1 aromatic carbocycles. The monoisotopic (exact) mass is 500 g/mol. The van der Waals surface area contributed by atoms with Crippen LogP contribution in [0.25, 0.3) is 10.2 Å². The van der Waals surface area contributed by atoms with Crippen molar-refractivity contribution in [1.82, 2.24) is 20.1 Å². The molecule has 11 heteroatoms. The Bertz CT molecular complexity index is 1150. The fourth-order valence-electron chi connectivity index (χ4n) is 4.38. The molecule has 0 radical (unpaired) electrons. The number of thiazole rings is 1. The number of rotatable bonds is 10. The first-order valence-electron chi connectivity index (χ1n) is 12.0. The third-order valence-electron chi connectivity index (χ3n) is 6.04. The van der Waals surface area contributed by atoms with E-state index in [4.69, 9.17) is 9.73 Å². The fourth-order valence-corrected chi connectivity index (χ4v) is 5.29. The average Bonchev–Trinajstić information content (AvgIpc) is 3.37. The standard InChI is InChI=1S/C24H32N6O4S/c1-5-6-11-29-21-20(22(32)28-24(29)33)30(13-14(2)3)18(26-21)9-10-19(31)27-23-25-16-8-7-15(34-4)12-17(16)35-23/h7-8,12,14,20-21H,5-6,9-11,13H2,1-4H3,(H,25,27,31)(H,28,32,33). The number of urea groups is 1. The number of hydrogen-bond acceptors (Lipinski definition) is 8. The van der Waals surface area contributed by atoms with Gasteiger partial charge < -0.3 is 15.0 Å². The van der Waals surface area contributed by atoms with Crippen LogP contribution in [0.3, 0.4) is 0 Å². The van der Waals surface area contributed by atoms with Gasteiger partial charge in [0.1, 0.15) is 11.6 Å². The second kappa shape index (κ2) is 10.6. The fraction of sp³-hybridized carbons (Fsp3) is 0.542. The number of carbonyl (C=O) groups is 3. The van der Waals surface area contributed by atoms with Gasteiger partial charge in [-0.15, -0.1) is 0 Å². The number of benzene rings is 1. The Morgan fingerprint density at radius 2 is 2.09 bits per heavy atom. The Labute approximate surface area is 208 Å². The number of aliphatic imine (C=N–C) groups is 1. The minimum absolute atomic E-state index is 0.179. The summed E-state index contributed by atoms with van der Waals surface area (Å²) in [4.78, 5) is 50.9. The van der Waals surface area contributed by atoms with Gasteiger partial charge >= 0.3 is 6.03 Å². The van der Waals surface area contributed by atoms with Crippen molar-refractivity contribution >= 4 is 50.4 Å². The largest absolute Gasteiger partial charge is 0.497 e. The van der Waals surface area contributed by atoms with E-state index in [9.17, 15) is 14.4 Å². The highest BCUT2D eigenvalue weighted by Crippen LogP contribution is 2.30. The molecule has 2 aliphatic heterocycles. The number of anilines is 1. The molecular weight excluding hydrogens is 468 g/mol. The Morgan fingerprint density at radius 1 is 1.29 bits per heavy atom. The molecule has 0 bridgehead atoms. The highest BCUT2D eigenvalue weighted by Gasteiger charge is 2.49. The van der Waals surface area contributed by atoms with Crippen LogP contribution in [0.4, 0.5) is 9.93 Å². The Balaban J connectivity index is 1.47. The normalized spacial score (nSPS) is 19.7. The van der Waals surface area contributed by atoms with Gasteiger partial charge in [0.15, 0.2) is 17.3 Å². The van der Waals surface area contributed by atoms with E-state index in [2.05, 4.69) is 36.4 Å². The molecule has 4 rings (SSSR count). The molecule has 1 aromatic heterocycles. The number of carbonyl (C=O) groups excluding carboxylic acids is 3. The molecule has 3 heterocycles. The molecule has 2 atom stereocenters. The zero-order valence-corrected chi connectivity index (χ0v) is 21.4. The lowest BCUT2D eigenvalue weighted by molar-refractivity contribution is -0.127. The van der Waals surface area contributed by atoms with Crippen LogP contribution in [0.2, 0.25) is 0 Å². The summed E-state index contributed by atoms with van der Waals surface area (Å²) in [5.41, 5.74) is 0.793. The number of amidine groups is 1. The number of unbranched alkanes of at least 4 members (excludes halogenated alkanes) is 1. The van der Waals surface area contributed by atoms with Crippen molar-refractivity contribution in [3.63, 3.8) is 0 Å². The predicted octanol–water partition coefficient (Wildman–Crippen LogP) is 3.44. The van der Waals surface area contributed by atoms with Gasteiger partial charge in [-0.2, -0.15) is 0 Å². The summed E-state index contributed by atoms with van der Waals surface area (Å²) in [7, 11) is 1.61. The van der Waals surface area contributed by atoms with Crippen molar-refractivity contribution in [3.05, 3.63) is 18.2 Å². The molecule has 0 spiro atoms. The van der Waals surface area contributed by atoms with E-state index in [1.54, 1.807) is 12.0 Å². The summed E-state index contributed by atoms with van der Waals surface area (Å²) in [6.45, 7) is 7.34. The van der Waals surface area contributed by atoms with Crippen molar-refractivity contribution in [1.29, 1.82) is 0 Å². The van der Waals surface area contributed by atoms with Crippen LogP contribution < -0.4 is 15.4 Å². The van der Waals surface area contributed by atoms with Crippen LogP contribution in [0.1, 0.15) is 46.5 Å². The molecule has 2 aromatic rings. The second-order valence-electron chi connectivity index (χ2n) is 9.19. The van der Waals surface area contributed by atoms with Gasteiger partial charge in [0, 0.05) is 25.9 Å². The smallest absolute Gasteiger partial charge is 0.325 e. The van der Waals surface area contributed by atoms with Crippen molar-refractivity contribution in [3.8, 4) is 5.75 Å². The maximum Gasteiger partial charge on any atom is 0.325 e. The van der Waals surface area contributed by atoms with Crippen LogP contribution >= 0.6 is 11.3 Å². The van der Waals surface area contributed by atoms with Gasteiger partial charge in [-0.25, -0.2) is 14.8 Å². The van der Waals surface area contributed by atoms with E-state index in [1.807, 2.05) is 23.1 Å². The van der Waals surface area contributed by atoms with Crippen LogP contribution in [-0.2, 0) is 9.59 Å². The molecular formula is C24H32N6O4S. The first kappa shape index (κ1) is 24.9. The molecule has 188 valence electrons. The number of ether oxygens (including phenoxy) is 1. The predicted molar refractivity (Wildman–Crippen MR) is 136 cm³/mol. The van der Waals surface area contributed by atoms with Gasteiger partial charge in [0.05, 0.1) is 17.3 Å². The van der Waals surface area contributed by atoms with E-state index in [-0.39, 0.29) is 24.2 Å². The van der Waals surface area contributed by atoms with Gasteiger partial charge in [-0.3, -0.25) is 19.8 Å². The molecule has 0 aliphatic carbocycles. The van der Waals surface area contributed by atoms with Crippen molar-refractivity contribution in [2.24, 2.45) is 10.9 Å². The Kier molecular flexibility index (Phi) is 7.54. The van der Waals surface area contributed by atoms with E-state index >= 15 is 0 Å². The summed E-state index contributed by atoms with van der Waals surface area (Å²) in [6, 6.07) is 4.61. The molecule has 2 unspecified atom stereocenters. The van der Waals surface area contributed by atoms with Gasteiger partial charge in [0.2, 0.25) is 5.91 Å². The number of amides is 4. The zero-order chi connectivity index (χ0) is 25.1. The lowest BCUT2D eigenvalue weighted by Crippen LogP contribution is -2.65. The van der Waals surface area contributed by atoms with Gasteiger partial charge in [-0.05, 0) is 30.5 Å². The first-order chi connectivity index (χ1) is 16.8. The molecule has 2 N–H and O–H groups in total. The SMILES string of the molecule is CCCCN1C(=O)NC(=O)C2C1N=C(CCC(=O)Nc1nc3ccc(OC)cc3s1)N2CC(C)C. The van der Waals surface area contributed by atoms with Crippen molar-refractivity contribution < 1.29 is 19.1 Å². The average molecular weight is 501 g/mol. The number of hydrogen-bond donors (Lipinski definition) is 2. The third-order valence-corrected chi connectivity index (χ3v) is 6.98. The number of imide groups is 1. The maximum atomic E-state index is 12.8. The van der Waals surface area contributed by atoms with E-state index in [1.165, 1.54) is 11.3 Å². The second-order valence-corrected chi connectivity index (χ2v) is 10.2. The van der Waals surface area contributed by atoms with E-state index < -0.39 is 18.2 Å². The summed E-state index contributed by atoms with van der Waals surface area (Å²) in [5, 5.41) is 5.89. The lowest BCUT2D eigenvalue weighted by Gasteiger charge is -2.38. The van der Waals surface area contributed by atoms with E-state index in [0.29, 0.717) is 30.5 Å². The molecule has 1 fully saturated rings. The van der Waals surface area contributed by atoms with Crippen LogP contribution in [0.5, 0.6) is 5.75 Å². The van der Waals surface area contributed by atoms with Gasteiger partial charge in [0.25, 0.3) is 5.91 Å². The highest BCUT2D eigenvalue weighted by molar-refractivity contribution is 7.22. The van der Waals surface area contributed by atoms with Crippen molar-refractivity contribution in [2.45, 2.75) is 58.7 Å². The number of methoxy groups -OCH3 is 1. The molecule has 10 nitrogen and oxygen atoms in total. The quantitative estimate of drug-likeness (QED) is 0.516. The van der Waals surface area contributed by atoms with Gasteiger partial charge in [-0.1, -0.05) is 38.5 Å². The number of aromatic nitrogens is 1. The molecule has 0 saturated carbocycles. The Morgan fingerprint density at radius 3 is 2.80 bits per heavy atom. The minimum Gasteiger partial charge on any atom is -0.497 e. The van der Waals surface area contributed by atoms with Crippen LogP contribution in [0.15, 0.2) is 23.2 Å².